The third-order valence-corrected chi connectivity index (χ3v) is 5.24. The number of hydrogen-bond donors (Lipinski definition) is 2. The van der Waals surface area contributed by atoms with E-state index < -0.39 is 0 Å². The number of nitrogens with zero attached hydrogens (tertiary/aromatic N) is 2. The lowest BCUT2D eigenvalue weighted by molar-refractivity contribution is 0.653. The Bertz CT molecular complexity index is 1160. The second-order valence-electron chi connectivity index (χ2n) is 6.78. The van der Waals surface area contributed by atoms with Crippen molar-refractivity contribution in [3.05, 3.63) is 60.2 Å². The molecule has 4 aromatic rings. The molecule has 1 atom stereocenters. The van der Waals surface area contributed by atoms with Crippen LogP contribution in [0.5, 0.6) is 0 Å². The van der Waals surface area contributed by atoms with Crippen molar-refractivity contribution < 1.29 is 0 Å². The third-order valence-electron chi connectivity index (χ3n) is 5.24. The molecule has 1 aromatic carbocycles. The molecule has 1 aliphatic rings. The van der Waals surface area contributed by atoms with Gasteiger partial charge in [-0.05, 0) is 60.2 Å². The molecule has 0 radical (unpaired) electrons. The molecule has 3 aromatic heterocycles. The molecule has 4 heterocycles. The predicted molar refractivity (Wildman–Crippen MR) is 105 cm³/mol. The Morgan fingerprint density at radius 2 is 2.08 bits per heavy atom. The van der Waals surface area contributed by atoms with Crippen LogP contribution in [0.2, 0.25) is 0 Å². The van der Waals surface area contributed by atoms with Gasteiger partial charge in [-0.25, -0.2) is 4.98 Å². The van der Waals surface area contributed by atoms with Gasteiger partial charge in [-0.2, -0.15) is 0 Å². The summed E-state index contributed by atoms with van der Waals surface area (Å²) in [7, 11) is 0. The van der Waals surface area contributed by atoms with Gasteiger partial charge in [0.1, 0.15) is 5.65 Å². The van der Waals surface area contributed by atoms with Crippen molar-refractivity contribution in [2.45, 2.75) is 18.9 Å². The second-order valence-corrected chi connectivity index (χ2v) is 6.78. The first-order chi connectivity index (χ1) is 12.8. The quantitative estimate of drug-likeness (QED) is 0.539. The van der Waals surface area contributed by atoms with Crippen molar-refractivity contribution in [3.63, 3.8) is 0 Å². The molecule has 0 amide bonds. The SMILES string of the molecule is C#Cc1c[nH]c2ncc(-c3cc(C4CCCN4)c4cnccc4c3)cc12. The molecule has 26 heavy (non-hydrogen) atoms. The van der Waals surface area contributed by atoms with Crippen LogP contribution in [0.4, 0.5) is 0 Å². The van der Waals surface area contributed by atoms with E-state index >= 15 is 0 Å². The summed E-state index contributed by atoms with van der Waals surface area (Å²) in [5, 5.41) is 7.02. The van der Waals surface area contributed by atoms with Gasteiger partial charge in [0.05, 0.1) is 5.56 Å². The Hall–Kier alpha value is -3.16. The average Bonchev–Trinajstić information content (AvgIpc) is 3.36. The van der Waals surface area contributed by atoms with Crippen molar-refractivity contribution in [1.29, 1.82) is 0 Å². The van der Waals surface area contributed by atoms with Crippen LogP contribution in [0, 0.1) is 12.3 Å². The Balaban J connectivity index is 1.73. The van der Waals surface area contributed by atoms with E-state index in [1.807, 2.05) is 24.8 Å². The van der Waals surface area contributed by atoms with Gasteiger partial charge in [0.15, 0.2) is 0 Å². The first-order valence-electron chi connectivity index (χ1n) is 8.88. The van der Waals surface area contributed by atoms with E-state index in [2.05, 4.69) is 50.5 Å². The van der Waals surface area contributed by atoms with Crippen molar-refractivity contribution in [2.75, 3.05) is 6.54 Å². The van der Waals surface area contributed by atoms with Crippen LogP contribution >= 0.6 is 0 Å². The Kier molecular flexibility index (Phi) is 3.48. The lowest BCUT2D eigenvalue weighted by atomic mass is 9.94. The molecule has 0 aliphatic carbocycles. The van der Waals surface area contributed by atoms with E-state index in [-0.39, 0.29) is 0 Å². The zero-order valence-electron chi connectivity index (χ0n) is 14.3. The topological polar surface area (TPSA) is 53.6 Å². The minimum absolute atomic E-state index is 0.381. The van der Waals surface area contributed by atoms with Gasteiger partial charge < -0.3 is 10.3 Å². The smallest absolute Gasteiger partial charge is 0.138 e. The number of aromatic amines is 1. The summed E-state index contributed by atoms with van der Waals surface area (Å²) in [4.78, 5) is 12.0. The summed E-state index contributed by atoms with van der Waals surface area (Å²) >= 11 is 0. The number of aromatic nitrogens is 3. The number of terminal acetylenes is 1. The maximum absolute atomic E-state index is 5.62. The molecule has 1 aliphatic heterocycles. The molecule has 2 N–H and O–H groups in total. The zero-order chi connectivity index (χ0) is 17.5. The van der Waals surface area contributed by atoms with Crippen LogP contribution in [-0.2, 0) is 0 Å². The van der Waals surface area contributed by atoms with Gasteiger partial charge in [-0.3, -0.25) is 4.98 Å². The number of pyridine rings is 2. The first kappa shape index (κ1) is 15.1. The largest absolute Gasteiger partial charge is 0.345 e. The molecule has 0 saturated carbocycles. The molecular formula is C22H18N4. The maximum atomic E-state index is 5.62. The fourth-order valence-electron chi connectivity index (χ4n) is 3.91. The third kappa shape index (κ3) is 2.37. The zero-order valence-corrected chi connectivity index (χ0v) is 14.3. The van der Waals surface area contributed by atoms with E-state index in [1.165, 1.54) is 22.8 Å². The van der Waals surface area contributed by atoms with E-state index in [0.717, 1.165) is 40.7 Å². The highest BCUT2D eigenvalue weighted by atomic mass is 14.9. The highest BCUT2D eigenvalue weighted by molar-refractivity contribution is 5.92. The molecule has 126 valence electrons. The molecular weight excluding hydrogens is 320 g/mol. The van der Waals surface area contributed by atoms with E-state index in [9.17, 15) is 0 Å². The van der Waals surface area contributed by atoms with Gasteiger partial charge in [0, 0.05) is 47.2 Å². The van der Waals surface area contributed by atoms with Crippen molar-refractivity contribution in [2.24, 2.45) is 0 Å². The first-order valence-corrected chi connectivity index (χ1v) is 8.88. The molecule has 4 heteroatoms. The summed E-state index contributed by atoms with van der Waals surface area (Å²) in [5.74, 6) is 2.72. The van der Waals surface area contributed by atoms with Crippen LogP contribution in [-0.4, -0.2) is 21.5 Å². The minimum Gasteiger partial charge on any atom is -0.345 e. The van der Waals surface area contributed by atoms with Crippen LogP contribution < -0.4 is 5.32 Å². The number of fused-ring (bicyclic) bond motifs is 2. The summed E-state index contributed by atoms with van der Waals surface area (Å²) in [5.41, 5.74) is 5.22. The number of nitrogens with one attached hydrogen (secondary N) is 2. The molecule has 1 fully saturated rings. The Labute approximate surface area is 151 Å². The van der Waals surface area contributed by atoms with Crippen molar-refractivity contribution in [3.8, 4) is 23.5 Å². The average molecular weight is 338 g/mol. The van der Waals surface area contributed by atoms with E-state index in [4.69, 9.17) is 6.42 Å². The molecule has 1 unspecified atom stereocenters. The van der Waals surface area contributed by atoms with Gasteiger partial charge in [-0.1, -0.05) is 5.92 Å². The van der Waals surface area contributed by atoms with Crippen LogP contribution in [0.15, 0.2) is 49.1 Å². The predicted octanol–water partition coefficient (Wildman–Crippen LogP) is 4.18. The lowest BCUT2D eigenvalue weighted by Crippen LogP contribution is -2.13. The van der Waals surface area contributed by atoms with Crippen molar-refractivity contribution in [1.82, 2.24) is 20.3 Å². The van der Waals surface area contributed by atoms with E-state index in [0.29, 0.717) is 6.04 Å². The summed E-state index contributed by atoms with van der Waals surface area (Å²) in [6.45, 7) is 1.07. The van der Waals surface area contributed by atoms with Gasteiger partial charge in [0.2, 0.25) is 0 Å². The van der Waals surface area contributed by atoms with Gasteiger partial charge in [0.25, 0.3) is 0 Å². The van der Waals surface area contributed by atoms with Crippen LogP contribution in [0.1, 0.15) is 30.0 Å². The number of benzene rings is 1. The minimum atomic E-state index is 0.381. The summed E-state index contributed by atoms with van der Waals surface area (Å²) in [6.07, 6.45) is 15.5. The second kappa shape index (κ2) is 5.98. The lowest BCUT2D eigenvalue weighted by Gasteiger charge is -2.16. The number of hydrogen-bond acceptors (Lipinski definition) is 3. The molecule has 1 saturated heterocycles. The van der Waals surface area contributed by atoms with Gasteiger partial charge >= 0.3 is 0 Å². The highest BCUT2D eigenvalue weighted by Gasteiger charge is 2.20. The number of H-pyrrole nitrogens is 1. The van der Waals surface area contributed by atoms with Crippen molar-refractivity contribution >= 4 is 21.8 Å². The summed E-state index contributed by atoms with van der Waals surface area (Å²) in [6, 6.07) is 9.07. The molecule has 0 spiro atoms. The Morgan fingerprint density at radius 1 is 1.12 bits per heavy atom. The highest BCUT2D eigenvalue weighted by Crippen LogP contribution is 2.34. The van der Waals surface area contributed by atoms with E-state index in [1.54, 1.807) is 0 Å². The monoisotopic (exact) mass is 338 g/mol. The molecule has 5 rings (SSSR count). The fraction of sp³-hybridized carbons (Fsp3) is 0.182. The Morgan fingerprint density at radius 3 is 2.92 bits per heavy atom. The number of rotatable bonds is 2. The van der Waals surface area contributed by atoms with Gasteiger partial charge in [-0.15, -0.1) is 6.42 Å². The maximum Gasteiger partial charge on any atom is 0.138 e. The summed E-state index contributed by atoms with van der Waals surface area (Å²) < 4.78 is 0. The van der Waals surface area contributed by atoms with Crippen LogP contribution in [0.3, 0.4) is 0 Å². The normalized spacial score (nSPS) is 17.0. The molecule has 0 bridgehead atoms. The molecule has 4 nitrogen and oxygen atoms in total. The standard InChI is InChI=1S/C22H18N4/c1-2-14-11-25-22-18(14)10-17(12-26-22)16-8-15-5-7-23-13-20(15)19(9-16)21-4-3-6-24-21/h1,5,7-13,21,24H,3-4,6H2,(H,25,26). The fourth-order valence-corrected chi connectivity index (χ4v) is 3.91. The van der Waals surface area contributed by atoms with Crippen LogP contribution in [0.25, 0.3) is 32.9 Å².